The second-order valence-corrected chi connectivity index (χ2v) is 5.83. The van der Waals surface area contributed by atoms with Gasteiger partial charge < -0.3 is 15.8 Å². The summed E-state index contributed by atoms with van der Waals surface area (Å²) in [5.74, 6) is 1.57. The van der Waals surface area contributed by atoms with Crippen LogP contribution >= 0.6 is 0 Å². The van der Waals surface area contributed by atoms with Gasteiger partial charge >= 0.3 is 6.09 Å². The number of ether oxygens (including phenoxy) is 1. The number of nitrogens with one attached hydrogen (secondary N) is 1. The Kier molecular flexibility index (Phi) is 4.71. The van der Waals surface area contributed by atoms with Crippen LogP contribution in [-0.4, -0.2) is 24.6 Å². The zero-order valence-corrected chi connectivity index (χ0v) is 13.6. The third-order valence-corrected chi connectivity index (χ3v) is 4.30. The van der Waals surface area contributed by atoms with Crippen LogP contribution in [0.4, 0.5) is 4.79 Å². The molecule has 0 saturated heterocycles. The Balaban J connectivity index is 1.72. The zero-order chi connectivity index (χ0) is 17.8. The third-order valence-electron chi connectivity index (χ3n) is 4.30. The number of carbonyl (C=O) groups is 2. The average molecular weight is 334 g/mol. The second kappa shape index (κ2) is 7.10. The summed E-state index contributed by atoms with van der Waals surface area (Å²) < 4.78 is 5.34. The van der Waals surface area contributed by atoms with Gasteiger partial charge in [0, 0.05) is 12.3 Å². The summed E-state index contributed by atoms with van der Waals surface area (Å²) in [6, 6.07) is 15.2. The minimum atomic E-state index is -0.930. The topological polar surface area (TPSA) is 81.4 Å². The number of hydrogen-bond acceptors (Lipinski definition) is 3. The minimum Gasteiger partial charge on any atom is -0.449 e. The maximum absolute atomic E-state index is 12.0. The number of amides is 2. The zero-order valence-electron chi connectivity index (χ0n) is 13.6. The first-order valence-corrected chi connectivity index (χ1v) is 7.96. The first kappa shape index (κ1) is 16.6. The van der Waals surface area contributed by atoms with E-state index < -0.39 is 18.0 Å². The molecule has 0 aliphatic heterocycles. The van der Waals surface area contributed by atoms with Gasteiger partial charge in [0.25, 0.3) is 0 Å². The predicted octanol–water partition coefficient (Wildman–Crippen LogP) is 2.40. The molecule has 0 heterocycles. The number of fused-ring (bicyclic) bond motifs is 3. The molecule has 2 aromatic carbocycles. The Morgan fingerprint density at radius 2 is 1.68 bits per heavy atom. The maximum Gasteiger partial charge on any atom is 0.407 e. The fourth-order valence-corrected chi connectivity index (χ4v) is 3.12. The number of terminal acetylenes is 1. The Hall–Kier alpha value is -3.26. The lowest BCUT2D eigenvalue weighted by Gasteiger charge is -2.16. The van der Waals surface area contributed by atoms with Gasteiger partial charge in [-0.2, -0.15) is 0 Å². The normalized spacial score (nSPS) is 13.2. The molecule has 5 nitrogen and oxygen atoms in total. The van der Waals surface area contributed by atoms with E-state index in [1.54, 1.807) is 0 Å². The molecule has 0 saturated carbocycles. The Labute approximate surface area is 146 Å². The lowest BCUT2D eigenvalue weighted by Crippen LogP contribution is -2.44. The van der Waals surface area contributed by atoms with Gasteiger partial charge in [-0.1, -0.05) is 48.5 Å². The fraction of sp³-hybridized carbons (Fsp3) is 0.200. The standard InChI is InChI=1S/C20H18N2O3/c1-2-7-18(19(21)23)22-20(24)25-12-17-15-10-5-3-8-13(15)14-9-4-6-11-16(14)17/h1,3-6,8-11,17-18H,7,12H2,(H2,21,23)(H,22,24). The molecule has 0 spiro atoms. The van der Waals surface area contributed by atoms with Crippen LogP contribution in [0.2, 0.25) is 0 Å². The van der Waals surface area contributed by atoms with E-state index in [2.05, 4.69) is 23.4 Å². The molecule has 1 unspecified atom stereocenters. The van der Waals surface area contributed by atoms with Gasteiger partial charge in [-0.25, -0.2) is 4.79 Å². The summed E-state index contributed by atoms with van der Waals surface area (Å²) in [6.07, 6.45) is 4.49. The van der Waals surface area contributed by atoms with Crippen molar-refractivity contribution in [3.63, 3.8) is 0 Å². The molecule has 0 aromatic heterocycles. The Bertz CT molecular complexity index is 809. The van der Waals surface area contributed by atoms with Crippen LogP contribution in [0.1, 0.15) is 23.5 Å². The van der Waals surface area contributed by atoms with Crippen LogP contribution in [0, 0.1) is 12.3 Å². The van der Waals surface area contributed by atoms with Gasteiger partial charge in [-0.3, -0.25) is 4.79 Å². The van der Waals surface area contributed by atoms with Crippen molar-refractivity contribution in [2.45, 2.75) is 18.4 Å². The largest absolute Gasteiger partial charge is 0.449 e. The molecule has 0 fully saturated rings. The Morgan fingerprint density at radius 3 is 2.20 bits per heavy atom. The highest BCUT2D eigenvalue weighted by Gasteiger charge is 2.29. The summed E-state index contributed by atoms with van der Waals surface area (Å²) >= 11 is 0. The van der Waals surface area contributed by atoms with E-state index in [9.17, 15) is 9.59 Å². The maximum atomic E-state index is 12.0. The van der Waals surface area contributed by atoms with E-state index in [4.69, 9.17) is 16.9 Å². The number of alkyl carbamates (subject to hydrolysis) is 1. The van der Waals surface area contributed by atoms with E-state index in [1.807, 2.05) is 36.4 Å². The minimum absolute atomic E-state index is 0.0273. The van der Waals surface area contributed by atoms with E-state index in [0.29, 0.717) is 0 Å². The van der Waals surface area contributed by atoms with Crippen LogP contribution in [0.3, 0.4) is 0 Å². The lowest BCUT2D eigenvalue weighted by atomic mass is 9.98. The van der Waals surface area contributed by atoms with Crippen molar-refractivity contribution in [3.8, 4) is 23.5 Å². The molecule has 5 heteroatoms. The molecule has 3 N–H and O–H groups in total. The van der Waals surface area contributed by atoms with E-state index in [1.165, 1.54) is 0 Å². The number of benzene rings is 2. The molecule has 126 valence electrons. The summed E-state index contributed by atoms with van der Waals surface area (Å²) in [5, 5.41) is 2.41. The highest BCUT2D eigenvalue weighted by Crippen LogP contribution is 2.44. The number of primary amides is 1. The van der Waals surface area contributed by atoms with Gasteiger partial charge in [0.15, 0.2) is 0 Å². The molecule has 25 heavy (non-hydrogen) atoms. The number of nitrogens with two attached hydrogens (primary N) is 1. The van der Waals surface area contributed by atoms with E-state index in [0.717, 1.165) is 22.3 Å². The summed E-state index contributed by atoms with van der Waals surface area (Å²) in [4.78, 5) is 23.3. The van der Waals surface area contributed by atoms with Crippen molar-refractivity contribution in [2.24, 2.45) is 5.73 Å². The molecule has 2 aromatic rings. The fourth-order valence-electron chi connectivity index (χ4n) is 3.12. The van der Waals surface area contributed by atoms with Crippen molar-refractivity contribution in [2.75, 3.05) is 6.61 Å². The van der Waals surface area contributed by atoms with Crippen molar-refractivity contribution < 1.29 is 14.3 Å². The van der Waals surface area contributed by atoms with Gasteiger partial charge in [0.2, 0.25) is 5.91 Å². The van der Waals surface area contributed by atoms with E-state index in [-0.39, 0.29) is 18.9 Å². The number of hydrogen-bond donors (Lipinski definition) is 2. The number of rotatable bonds is 5. The van der Waals surface area contributed by atoms with Gasteiger partial charge in [0.1, 0.15) is 12.6 Å². The van der Waals surface area contributed by atoms with Gasteiger partial charge in [0.05, 0.1) is 0 Å². The monoisotopic (exact) mass is 334 g/mol. The van der Waals surface area contributed by atoms with Gasteiger partial charge in [-0.05, 0) is 22.3 Å². The first-order chi connectivity index (χ1) is 12.1. The predicted molar refractivity (Wildman–Crippen MR) is 94.6 cm³/mol. The molecular formula is C20H18N2O3. The number of carbonyl (C=O) groups excluding carboxylic acids is 2. The van der Waals surface area contributed by atoms with Crippen LogP contribution < -0.4 is 11.1 Å². The van der Waals surface area contributed by atoms with Crippen LogP contribution in [0.15, 0.2) is 48.5 Å². The quantitative estimate of drug-likeness (QED) is 0.824. The molecule has 3 rings (SSSR count). The molecular weight excluding hydrogens is 316 g/mol. The molecule has 1 aliphatic carbocycles. The highest BCUT2D eigenvalue weighted by atomic mass is 16.5. The third kappa shape index (κ3) is 3.33. The average Bonchev–Trinajstić information content (AvgIpc) is 2.93. The highest BCUT2D eigenvalue weighted by molar-refractivity contribution is 5.84. The van der Waals surface area contributed by atoms with Crippen molar-refractivity contribution >= 4 is 12.0 Å². The molecule has 2 amide bonds. The first-order valence-electron chi connectivity index (χ1n) is 7.96. The van der Waals surface area contributed by atoms with Crippen molar-refractivity contribution in [3.05, 3.63) is 59.7 Å². The summed E-state index contributed by atoms with van der Waals surface area (Å²) in [6.45, 7) is 0.168. The van der Waals surface area contributed by atoms with Gasteiger partial charge in [-0.15, -0.1) is 12.3 Å². The lowest BCUT2D eigenvalue weighted by molar-refractivity contribution is -0.119. The molecule has 0 bridgehead atoms. The van der Waals surface area contributed by atoms with Crippen LogP contribution in [-0.2, 0) is 9.53 Å². The van der Waals surface area contributed by atoms with Crippen LogP contribution in [0.25, 0.3) is 11.1 Å². The van der Waals surface area contributed by atoms with Crippen molar-refractivity contribution in [1.29, 1.82) is 0 Å². The Morgan fingerprint density at radius 1 is 1.12 bits per heavy atom. The van der Waals surface area contributed by atoms with Crippen molar-refractivity contribution in [1.82, 2.24) is 5.32 Å². The molecule has 0 radical (unpaired) electrons. The molecule has 1 aliphatic rings. The summed E-state index contributed by atoms with van der Waals surface area (Å²) in [7, 11) is 0. The van der Waals surface area contributed by atoms with Crippen LogP contribution in [0.5, 0.6) is 0 Å². The smallest absolute Gasteiger partial charge is 0.407 e. The SMILES string of the molecule is C#CCC(NC(=O)OCC1c2ccccc2-c2ccccc21)C(N)=O. The van der Waals surface area contributed by atoms with E-state index >= 15 is 0 Å². The summed E-state index contributed by atoms with van der Waals surface area (Å²) in [5.41, 5.74) is 9.74. The second-order valence-electron chi connectivity index (χ2n) is 5.83. The molecule has 1 atom stereocenters.